The van der Waals surface area contributed by atoms with Crippen molar-refractivity contribution in [2.24, 2.45) is 5.92 Å². The highest BCUT2D eigenvalue weighted by Gasteiger charge is 2.16. The Bertz CT molecular complexity index is 427. The smallest absolute Gasteiger partial charge is 0.310 e. The van der Waals surface area contributed by atoms with Crippen molar-refractivity contribution in [2.75, 3.05) is 19.0 Å². The average molecular weight is 263 g/mol. The van der Waals surface area contributed by atoms with Crippen molar-refractivity contribution in [3.63, 3.8) is 0 Å². The average Bonchev–Trinajstić information content (AvgIpc) is 2.40. The van der Waals surface area contributed by atoms with Crippen LogP contribution in [-0.2, 0) is 9.53 Å². The minimum Gasteiger partial charge on any atom is -0.469 e. The molecule has 1 atom stereocenters. The highest BCUT2D eigenvalue weighted by atomic mass is 16.5. The zero-order valence-corrected chi connectivity index (χ0v) is 12.6. The van der Waals surface area contributed by atoms with E-state index in [4.69, 9.17) is 4.74 Å². The van der Waals surface area contributed by atoms with Gasteiger partial charge in [0.05, 0.1) is 13.0 Å². The third-order valence-electron chi connectivity index (χ3n) is 3.49. The van der Waals surface area contributed by atoms with Crippen LogP contribution in [-0.4, -0.2) is 19.6 Å². The first kappa shape index (κ1) is 15.5. The van der Waals surface area contributed by atoms with Gasteiger partial charge in [-0.3, -0.25) is 4.79 Å². The van der Waals surface area contributed by atoms with E-state index in [1.54, 1.807) is 0 Å². The highest BCUT2D eigenvalue weighted by molar-refractivity contribution is 5.73. The molecule has 0 aliphatic heterocycles. The minimum absolute atomic E-state index is 0.0906. The molecule has 3 heteroatoms. The maximum Gasteiger partial charge on any atom is 0.310 e. The zero-order chi connectivity index (χ0) is 14.4. The molecular weight excluding hydrogens is 238 g/mol. The molecule has 0 aromatic heterocycles. The number of carbonyl (C=O) groups is 1. The molecule has 0 fully saturated rings. The third kappa shape index (κ3) is 4.27. The summed E-state index contributed by atoms with van der Waals surface area (Å²) in [7, 11) is 1.44. The topological polar surface area (TPSA) is 38.3 Å². The Labute approximate surface area is 116 Å². The van der Waals surface area contributed by atoms with E-state index in [0.717, 1.165) is 12.1 Å². The van der Waals surface area contributed by atoms with Gasteiger partial charge in [-0.1, -0.05) is 32.9 Å². The quantitative estimate of drug-likeness (QED) is 0.795. The normalized spacial score (nSPS) is 12.3. The molecule has 0 radical (unpaired) electrons. The van der Waals surface area contributed by atoms with Crippen LogP contribution in [0.2, 0.25) is 0 Å². The van der Waals surface area contributed by atoms with E-state index >= 15 is 0 Å². The van der Waals surface area contributed by atoms with Crippen molar-refractivity contribution in [1.82, 2.24) is 0 Å². The molecule has 1 N–H and O–H groups in total. The summed E-state index contributed by atoms with van der Waals surface area (Å²) in [6.45, 7) is 9.05. The van der Waals surface area contributed by atoms with Gasteiger partial charge in [0.1, 0.15) is 0 Å². The summed E-state index contributed by atoms with van der Waals surface area (Å²) in [5, 5.41) is 3.37. The Morgan fingerprint density at radius 3 is 2.58 bits per heavy atom. The minimum atomic E-state index is -0.146. The van der Waals surface area contributed by atoms with E-state index in [0.29, 0.717) is 12.5 Å². The van der Waals surface area contributed by atoms with E-state index in [1.165, 1.54) is 18.2 Å². The van der Waals surface area contributed by atoms with Gasteiger partial charge in [0.25, 0.3) is 0 Å². The van der Waals surface area contributed by atoms with E-state index in [-0.39, 0.29) is 11.9 Å². The first-order valence-electron chi connectivity index (χ1n) is 6.91. The molecule has 0 amide bonds. The summed E-state index contributed by atoms with van der Waals surface area (Å²) in [6, 6.07) is 6.45. The number of hydrogen-bond acceptors (Lipinski definition) is 3. The van der Waals surface area contributed by atoms with Crippen LogP contribution in [0.1, 0.15) is 44.2 Å². The molecule has 106 valence electrons. The maximum absolute atomic E-state index is 11.6. The largest absolute Gasteiger partial charge is 0.469 e. The van der Waals surface area contributed by atoms with Crippen molar-refractivity contribution in [2.45, 2.75) is 40.0 Å². The molecule has 1 aromatic carbocycles. The number of anilines is 1. The lowest BCUT2D eigenvalue weighted by Gasteiger charge is -2.17. The van der Waals surface area contributed by atoms with Gasteiger partial charge in [0, 0.05) is 12.2 Å². The molecule has 19 heavy (non-hydrogen) atoms. The maximum atomic E-state index is 11.6. The molecule has 0 saturated heterocycles. The van der Waals surface area contributed by atoms with E-state index < -0.39 is 0 Å². The summed E-state index contributed by atoms with van der Waals surface area (Å²) < 4.78 is 4.80. The van der Waals surface area contributed by atoms with Crippen molar-refractivity contribution in [1.29, 1.82) is 0 Å². The molecule has 3 nitrogen and oxygen atoms in total. The fourth-order valence-electron chi connectivity index (χ4n) is 1.98. The second kappa shape index (κ2) is 7.17. The molecule has 0 bridgehead atoms. The van der Waals surface area contributed by atoms with Crippen LogP contribution in [0.25, 0.3) is 0 Å². The molecule has 1 rings (SSSR count). The van der Waals surface area contributed by atoms with E-state index in [9.17, 15) is 4.79 Å². The number of carbonyl (C=O) groups excluding carboxylic acids is 1. The third-order valence-corrected chi connectivity index (χ3v) is 3.49. The first-order valence-corrected chi connectivity index (χ1v) is 6.91. The highest BCUT2D eigenvalue weighted by Crippen LogP contribution is 2.22. The molecule has 0 spiro atoms. The Balaban J connectivity index is 2.76. The van der Waals surface area contributed by atoms with Crippen LogP contribution in [0.3, 0.4) is 0 Å². The summed E-state index contributed by atoms with van der Waals surface area (Å²) in [5.74, 6) is 0.267. The van der Waals surface area contributed by atoms with Crippen LogP contribution in [0.4, 0.5) is 5.69 Å². The fraction of sp³-hybridized carbons (Fsp3) is 0.562. The Hall–Kier alpha value is -1.51. The standard InChI is InChI=1S/C16H25NO2/c1-6-13(16(18)19-5)10-17-15-9-14(11(2)3)8-7-12(15)4/h7-9,11,13,17H,6,10H2,1-5H3. The summed E-state index contributed by atoms with van der Waals surface area (Å²) in [5.41, 5.74) is 3.61. The number of nitrogens with one attached hydrogen (secondary N) is 1. The lowest BCUT2D eigenvalue weighted by Crippen LogP contribution is -2.24. The predicted octanol–water partition coefficient (Wildman–Crippen LogP) is 3.73. The lowest BCUT2D eigenvalue weighted by atomic mass is 10.00. The Kier molecular flexibility index (Phi) is 5.87. The van der Waals surface area contributed by atoms with Crippen molar-refractivity contribution in [3.8, 4) is 0 Å². The number of benzene rings is 1. The number of esters is 1. The first-order chi connectivity index (χ1) is 8.99. The van der Waals surface area contributed by atoms with Gasteiger partial charge in [-0.2, -0.15) is 0 Å². The van der Waals surface area contributed by atoms with Crippen molar-refractivity contribution >= 4 is 11.7 Å². The molecule has 0 aliphatic carbocycles. The van der Waals surface area contributed by atoms with E-state index in [1.807, 2.05) is 6.92 Å². The molecule has 0 saturated carbocycles. The van der Waals surface area contributed by atoms with Gasteiger partial charge >= 0.3 is 5.97 Å². The predicted molar refractivity (Wildman–Crippen MR) is 79.6 cm³/mol. The Morgan fingerprint density at radius 1 is 1.37 bits per heavy atom. The van der Waals surface area contributed by atoms with Crippen molar-refractivity contribution in [3.05, 3.63) is 29.3 Å². The van der Waals surface area contributed by atoms with Gasteiger partial charge < -0.3 is 10.1 Å². The van der Waals surface area contributed by atoms with Crippen LogP contribution in [0.5, 0.6) is 0 Å². The Morgan fingerprint density at radius 2 is 2.05 bits per heavy atom. The summed E-state index contributed by atoms with van der Waals surface area (Å²) >= 11 is 0. The monoisotopic (exact) mass is 263 g/mol. The number of aryl methyl sites for hydroxylation is 1. The molecular formula is C16H25NO2. The summed E-state index contributed by atoms with van der Waals surface area (Å²) in [4.78, 5) is 11.6. The number of ether oxygens (including phenoxy) is 1. The van der Waals surface area contributed by atoms with Crippen LogP contribution in [0, 0.1) is 12.8 Å². The molecule has 0 heterocycles. The van der Waals surface area contributed by atoms with Gasteiger partial charge in [0.15, 0.2) is 0 Å². The van der Waals surface area contributed by atoms with Gasteiger partial charge in [-0.05, 0) is 36.5 Å². The van der Waals surface area contributed by atoms with Crippen LogP contribution < -0.4 is 5.32 Å². The second-order valence-corrected chi connectivity index (χ2v) is 5.24. The molecule has 0 aliphatic rings. The van der Waals surface area contributed by atoms with Crippen LogP contribution in [0.15, 0.2) is 18.2 Å². The van der Waals surface area contributed by atoms with Gasteiger partial charge in [-0.15, -0.1) is 0 Å². The van der Waals surface area contributed by atoms with E-state index in [2.05, 4.69) is 44.3 Å². The zero-order valence-electron chi connectivity index (χ0n) is 12.6. The number of hydrogen-bond donors (Lipinski definition) is 1. The van der Waals surface area contributed by atoms with Gasteiger partial charge in [-0.25, -0.2) is 0 Å². The number of methoxy groups -OCH3 is 1. The van der Waals surface area contributed by atoms with Gasteiger partial charge in [0.2, 0.25) is 0 Å². The van der Waals surface area contributed by atoms with Crippen molar-refractivity contribution < 1.29 is 9.53 Å². The molecule has 1 aromatic rings. The fourth-order valence-corrected chi connectivity index (χ4v) is 1.98. The molecule has 1 unspecified atom stereocenters. The SMILES string of the molecule is CCC(CNc1cc(C(C)C)ccc1C)C(=O)OC. The lowest BCUT2D eigenvalue weighted by molar-refractivity contribution is -0.145. The van der Waals surface area contributed by atoms with Crippen LogP contribution >= 0.6 is 0 Å². The summed E-state index contributed by atoms with van der Waals surface area (Å²) in [6.07, 6.45) is 0.780. The number of rotatable bonds is 6. The second-order valence-electron chi connectivity index (χ2n) is 5.24.